The molecule has 2 amide bonds. The number of ether oxygens (including phenoxy) is 4. The van der Waals surface area contributed by atoms with Gasteiger partial charge in [-0.2, -0.15) is 0 Å². The molecule has 65 heavy (non-hydrogen) atoms. The van der Waals surface area contributed by atoms with Gasteiger partial charge in [0.1, 0.15) is 30.5 Å². The number of hydrogen-bond donors (Lipinski definition) is 5. The molecule has 19 heteroatoms. The molecule has 0 radical (unpaired) electrons. The van der Waals surface area contributed by atoms with E-state index in [0.717, 1.165) is 12.0 Å². The highest BCUT2D eigenvalue weighted by molar-refractivity contribution is 7.92. The number of aromatic carboxylic acids is 1. The Morgan fingerprint density at radius 1 is 0.800 bits per heavy atom. The van der Waals surface area contributed by atoms with Gasteiger partial charge in [-0.05, 0) is 72.6 Å². The average Bonchev–Trinajstić information content (AvgIpc) is 3.80. The van der Waals surface area contributed by atoms with E-state index in [9.17, 15) is 32.7 Å². The molecule has 0 saturated heterocycles. The zero-order valence-electron chi connectivity index (χ0n) is 35.5. The highest BCUT2D eigenvalue weighted by Crippen LogP contribution is 2.37. The van der Waals surface area contributed by atoms with Crippen molar-refractivity contribution in [2.45, 2.75) is 18.2 Å². The SMILES string of the molecule is CCCOc1cccc(Oc2cc3c(cc2NS(=O)(=O)c2cccc(C(=O)NCCOCC(=O)NCCOc4ccc(-c5cc6c(C(=O)O)c[nH]c6cc5Cl)cc4)c2)n(C)c(=O)n3C)c1. The van der Waals surface area contributed by atoms with Gasteiger partial charge in [0, 0.05) is 61.0 Å². The van der Waals surface area contributed by atoms with Crippen molar-refractivity contribution >= 4 is 67.0 Å². The summed E-state index contributed by atoms with van der Waals surface area (Å²) in [6.07, 6.45) is 2.23. The third-order valence-electron chi connectivity index (χ3n) is 10.2. The lowest BCUT2D eigenvalue weighted by molar-refractivity contribution is -0.125. The Morgan fingerprint density at radius 3 is 2.26 bits per heavy atom. The van der Waals surface area contributed by atoms with E-state index >= 15 is 0 Å². The lowest BCUT2D eigenvalue weighted by Crippen LogP contribution is -2.33. The number of fused-ring (bicyclic) bond motifs is 2. The summed E-state index contributed by atoms with van der Waals surface area (Å²) in [7, 11) is -1.12. The number of carboxylic acid groups (broad SMARTS) is 1. The second kappa shape index (κ2) is 20.0. The first kappa shape index (κ1) is 45.7. The number of aromatic nitrogens is 3. The molecule has 0 aliphatic heterocycles. The quantitative estimate of drug-likeness (QED) is 0.0506. The van der Waals surface area contributed by atoms with Crippen molar-refractivity contribution in [1.29, 1.82) is 0 Å². The van der Waals surface area contributed by atoms with Gasteiger partial charge in [-0.3, -0.25) is 23.4 Å². The van der Waals surface area contributed by atoms with Crippen molar-refractivity contribution in [1.82, 2.24) is 24.8 Å². The van der Waals surface area contributed by atoms with Crippen LogP contribution in [0.1, 0.15) is 34.1 Å². The van der Waals surface area contributed by atoms with Crippen LogP contribution < -0.4 is 35.3 Å². The van der Waals surface area contributed by atoms with Gasteiger partial charge in [0.2, 0.25) is 5.91 Å². The first-order chi connectivity index (χ1) is 31.2. The number of nitrogens with one attached hydrogen (secondary N) is 4. The van der Waals surface area contributed by atoms with Crippen molar-refractivity contribution in [2.24, 2.45) is 14.1 Å². The zero-order valence-corrected chi connectivity index (χ0v) is 37.0. The summed E-state index contributed by atoms with van der Waals surface area (Å²) >= 11 is 6.48. The molecular formula is C46H45ClN6O11S. The smallest absolute Gasteiger partial charge is 0.337 e. The number of carbonyl (C=O) groups excluding carboxylic acids is 2. The molecule has 0 saturated carbocycles. The predicted molar refractivity (Wildman–Crippen MR) is 245 cm³/mol. The number of hydrogen-bond acceptors (Lipinski definition) is 10. The standard InChI is InChI=1S/C46H45ClN6O11S/c1-4-17-62-31-8-6-9-32(21-31)64-42-25-41-40(52(2)46(58)53(41)3)24-39(42)51-65(59,60)33-10-5-7-29(20-33)44(55)49-15-18-61-27-43(54)48-16-19-63-30-13-11-28(12-14-30)34-22-35-36(45(56)57)26-50-38(35)23-37(34)47/h5-14,20-26,50-51H,4,15-19,27H2,1-3H3,(H,48,54)(H,49,55)(H,56,57). The van der Waals surface area contributed by atoms with Crippen LogP contribution in [0.2, 0.25) is 5.02 Å². The van der Waals surface area contributed by atoms with Crippen LogP contribution in [0.3, 0.4) is 0 Å². The van der Waals surface area contributed by atoms with Crippen LogP contribution in [0.4, 0.5) is 5.69 Å². The van der Waals surface area contributed by atoms with E-state index < -0.39 is 27.8 Å². The maximum Gasteiger partial charge on any atom is 0.337 e. The van der Waals surface area contributed by atoms with Gasteiger partial charge < -0.3 is 39.7 Å². The summed E-state index contributed by atoms with van der Waals surface area (Å²) in [5.74, 6) is -0.375. The number of aromatic amines is 1. The average molecular weight is 925 g/mol. The number of nitrogens with zero attached hydrogens (tertiary/aromatic N) is 2. The van der Waals surface area contributed by atoms with Crippen molar-refractivity contribution < 1.29 is 46.9 Å². The number of aryl methyl sites for hydroxylation is 2. The van der Waals surface area contributed by atoms with Crippen molar-refractivity contribution in [3.05, 3.63) is 130 Å². The maximum atomic E-state index is 13.8. The predicted octanol–water partition coefficient (Wildman–Crippen LogP) is 6.70. The summed E-state index contributed by atoms with van der Waals surface area (Å²) in [4.78, 5) is 52.5. The molecule has 0 spiro atoms. The summed E-state index contributed by atoms with van der Waals surface area (Å²) in [5.41, 5.74) is 2.98. The second-order valence-corrected chi connectivity index (χ2v) is 16.8. The van der Waals surface area contributed by atoms with E-state index in [1.54, 1.807) is 80.8 Å². The van der Waals surface area contributed by atoms with Crippen LogP contribution in [0.15, 0.2) is 113 Å². The lowest BCUT2D eigenvalue weighted by Gasteiger charge is -2.15. The van der Waals surface area contributed by atoms with Crippen LogP contribution in [-0.2, 0) is 33.7 Å². The number of benzene rings is 5. The van der Waals surface area contributed by atoms with E-state index in [0.29, 0.717) is 56.4 Å². The minimum Gasteiger partial charge on any atom is -0.493 e. The van der Waals surface area contributed by atoms with Crippen LogP contribution in [0.5, 0.6) is 23.0 Å². The van der Waals surface area contributed by atoms with Gasteiger partial charge in [-0.1, -0.05) is 42.8 Å². The molecule has 338 valence electrons. The Morgan fingerprint density at radius 2 is 1.51 bits per heavy atom. The van der Waals surface area contributed by atoms with Crippen molar-refractivity contribution in [3.63, 3.8) is 0 Å². The maximum absolute atomic E-state index is 13.8. The largest absolute Gasteiger partial charge is 0.493 e. The Kier molecular flexibility index (Phi) is 14.1. The van der Waals surface area contributed by atoms with Crippen molar-refractivity contribution in [2.75, 3.05) is 44.2 Å². The first-order valence-electron chi connectivity index (χ1n) is 20.3. The summed E-state index contributed by atoms with van der Waals surface area (Å²) in [6.45, 7) is 2.62. The molecule has 5 N–H and O–H groups in total. The van der Waals surface area contributed by atoms with Gasteiger partial charge in [0.05, 0.1) is 52.0 Å². The number of imidazole rings is 1. The Labute approximate surface area is 377 Å². The van der Waals surface area contributed by atoms with Gasteiger partial charge in [-0.25, -0.2) is 18.0 Å². The third-order valence-corrected chi connectivity index (χ3v) is 11.8. The molecule has 7 rings (SSSR count). The van der Waals surface area contributed by atoms with E-state index in [1.807, 2.05) is 6.92 Å². The van der Waals surface area contributed by atoms with Crippen LogP contribution >= 0.6 is 11.6 Å². The van der Waals surface area contributed by atoms with Gasteiger partial charge in [-0.15, -0.1) is 0 Å². The molecular weight excluding hydrogens is 880 g/mol. The van der Waals surface area contributed by atoms with Crippen LogP contribution in [0.25, 0.3) is 33.1 Å². The van der Waals surface area contributed by atoms with E-state index in [2.05, 4.69) is 20.3 Å². The van der Waals surface area contributed by atoms with Crippen molar-refractivity contribution in [3.8, 4) is 34.1 Å². The molecule has 0 aliphatic rings. The summed E-state index contributed by atoms with van der Waals surface area (Å²) in [5, 5.41) is 15.8. The topological polar surface area (TPSA) is 221 Å². The number of carboxylic acids is 1. The monoisotopic (exact) mass is 924 g/mol. The molecule has 0 fully saturated rings. The minimum atomic E-state index is -4.30. The molecule has 0 bridgehead atoms. The van der Waals surface area contributed by atoms with Gasteiger partial charge in [0.15, 0.2) is 5.75 Å². The lowest BCUT2D eigenvalue weighted by atomic mass is 10.0. The third kappa shape index (κ3) is 10.7. The fourth-order valence-corrected chi connectivity index (χ4v) is 8.24. The number of sulfonamides is 1. The van der Waals surface area contributed by atoms with Crippen LogP contribution in [-0.4, -0.2) is 84.9 Å². The molecule has 0 unspecified atom stereocenters. The minimum absolute atomic E-state index is 0.00108. The Balaban J connectivity index is 0.879. The highest BCUT2D eigenvalue weighted by Gasteiger charge is 2.22. The molecule has 2 aromatic heterocycles. The Bertz CT molecular complexity index is 3070. The summed E-state index contributed by atoms with van der Waals surface area (Å²) < 4.78 is 56.1. The zero-order chi connectivity index (χ0) is 46.3. The van der Waals surface area contributed by atoms with Gasteiger partial charge in [0.25, 0.3) is 15.9 Å². The Hall–Kier alpha value is -7.28. The highest BCUT2D eigenvalue weighted by atomic mass is 35.5. The number of H-pyrrole nitrogens is 1. The van der Waals surface area contributed by atoms with Crippen LogP contribution in [0, 0.1) is 0 Å². The molecule has 0 aliphatic carbocycles. The fraction of sp³-hybridized carbons (Fsp3) is 0.217. The number of carbonyl (C=O) groups is 3. The van der Waals surface area contributed by atoms with E-state index in [-0.39, 0.29) is 66.1 Å². The normalized spacial score (nSPS) is 11.4. The van der Waals surface area contributed by atoms with E-state index in [1.165, 1.54) is 45.7 Å². The molecule has 2 heterocycles. The first-order valence-corrected chi connectivity index (χ1v) is 22.2. The fourth-order valence-electron chi connectivity index (χ4n) is 6.86. The summed E-state index contributed by atoms with van der Waals surface area (Å²) in [6, 6.07) is 26.0. The molecule has 17 nitrogen and oxygen atoms in total. The number of halogens is 1. The van der Waals surface area contributed by atoms with E-state index in [4.69, 9.17) is 30.5 Å². The molecule has 5 aromatic carbocycles. The van der Waals surface area contributed by atoms with Gasteiger partial charge >= 0.3 is 11.7 Å². The number of amides is 2. The second-order valence-electron chi connectivity index (χ2n) is 14.7. The molecule has 7 aromatic rings. The number of rotatable bonds is 20. The molecule has 0 atom stereocenters. The number of anilines is 1.